The molecular weight excluding hydrogens is 214 g/mol. The molecule has 0 radical (unpaired) electrons. The summed E-state index contributed by atoms with van der Waals surface area (Å²) in [5.41, 5.74) is 3.04. The predicted molar refractivity (Wildman–Crippen MR) is 69.8 cm³/mol. The largest absolute Gasteiger partial charge is 0.463 e. The van der Waals surface area contributed by atoms with Crippen LogP contribution in [0.3, 0.4) is 0 Å². The van der Waals surface area contributed by atoms with Crippen molar-refractivity contribution in [1.29, 1.82) is 0 Å². The number of carbonyl (C=O) groups is 1. The first-order chi connectivity index (χ1) is 8.15. The second kappa shape index (κ2) is 6.74. The summed E-state index contributed by atoms with van der Waals surface area (Å²) in [6.07, 6.45) is 2.48. The van der Waals surface area contributed by atoms with Crippen LogP contribution in [0, 0.1) is 0 Å². The van der Waals surface area contributed by atoms with Gasteiger partial charge in [-0.1, -0.05) is 19.1 Å². The second-order valence-electron chi connectivity index (χ2n) is 3.75. The maximum absolute atomic E-state index is 11.2. The van der Waals surface area contributed by atoms with Crippen LogP contribution >= 0.6 is 0 Å². The Balaban J connectivity index is 2.60. The Morgan fingerprint density at radius 3 is 2.47 bits per heavy atom. The van der Waals surface area contributed by atoms with Gasteiger partial charge in [-0.05, 0) is 38.0 Å². The first-order valence-electron chi connectivity index (χ1n) is 5.86. The van der Waals surface area contributed by atoms with E-state index in [4.69, 9.17) is 4.74 Å². The number of anilines is 1. The summed E-state index contributed by atoms with van der Waals surface area (Å²) >= 11 is 0. The number of nitrogens with one attached hydrogen (secondary N) is 1. The fourth-order valence-electron chi connectivity index (χ4n) is 1.45. The first-order valence-corrected chi connectivity index (χ1v) is 5.86. The molecule has 0 saturated heterocycles. The lowest BCUT2D eigenvalue weighted by Gasteiger charge is -2.07. The van der Waals surface area contributed by atoms with Crippen LogP contribution in [0.5, 0.6) is 0 Å². The summed E-state index contributed by atoms with van der Waals surface area (Å²) in [7, 11) is 0. The molecule has 17 heavy (non-hydrogen) atoms. The summed E-state index contributed by atoms with van der Waals surface area (Å²) in [5.74, 6) is -0.317. The van der Waals surface area contributed by atoms with E-state index in [-0.39, 0.29) is 5.97 Å². The summed E-state index contributed by atoms with van der Waals surface area (Å²) in [6.45, 7) is 6.14. The van der Waals surface area contributed by atoms with Crippen LogP contribution in [0.2, 0.25) is 0 Å². The van der Waals surface area contributed by atoms with Gasteiger partial charge < -0.3 is 10.1 Å². The SMILES string of the molecule is CCOC(=O)/C=C(\C)Nc1ccc(CC)cc1. The second-order valence-corrected chi connectivity index (χ2v) is 3.75. The van der Waals surface area contributed by atoms with Crippen LogP contribution in [0.25, 0.3) is 0 Å². The Bertz CT molecular complexity index is 393. The molecule has 1 aromatic carbocycles. The van der Waals surface area contributed by atoms with E-state index in [1.807, 2.05) is 19.1 Å². The monoisotopic (exact) mass is 233 g/mol. The van der Waals surface area contributed by atoms with Crippen molar-refractivity contribution in [1.82, 2.24) is 0 Å². The van der Waals surface area contributed by atoms with Crippen molar-refractivity contribution in [3.8, 4) is 0 Å². The number of aryl methyl sites for hydroxylation is 1. The zero-order valence-electron chi connectivity index (χ0n) is 10.6. The smallest absolute Gasteiger partial charge is 0.332 e. The summed E-state index contributed by atoms with van der Waals surface area (Å²) in [4.78, 5) is 11.2. The van der Waals surface area contributed by atoms with Crippen LogP contribution in [0.1, 0.15) is 26.3 Å². The fourth-order valence-corrected chi connectivity index (χ4v) is 1.45. The van der Waals surface area contributed by atoms with E-state index in [0.29, 0.717) is 6.61 Å². The number of hydrogen-bond acceptors (Lipinski definition) is 3. The van der Waals surface area contributed by atoms with Gasteiger partial charge in [-0.2, -0.15) is 0 Å². The van der Waals surface area contributed by atoms with E-state index in [1.165, 1.54) is 11.6 Å². The minimum Gasteiger partial charge on any atom is -0.463 e. The number of hydrogen-bond donors (Lipinski definition) is 1. The van der Waals surface area contributed by atoms with Gasteiger partial charge >= 0.3 is 5.97 Å². The Labute approximate surface area is 102 Å². The molecule has 0 heterocycles. The molecule has 0 aliphatic heterocycles. The minimum absolute atomic E-state index is 0.317. The molecule has 1 N–H and O–H groups in total. The van der Waals surface area contributed by atoms with Gasteiger partial charge in [-0.15, -0.1) is 0 Å². The number of allylic oxidation sites excluding steroid dienone is 1. The lowest BCUT2D eigenvalue weighted by Crippen LogP contribution is -2.04. The Morgan fingerprint density at radius 2 is 1.94 bits per heavy atom. The van der Waals surface area contributed by atoms with Crippen molar-refractivity contribution in [3.05, 3.63) is 41.6 Å². The highest BCUT2D eigenvalue weighted by Crippen LogP contribution is 2.12. The molecule has 0 aliphatic carbocycles. The van der Waals surface area contributed by atoms with Gasteiger partial charge in [-0.25, -0.2) is 4.79 Å². The van der Waals surface area contributed by atoms with E-state index in [0.717, 1.165) is 17.8 Å². The molecule has 0 bridgehead atoms. The minimum atomic E-state index is -0.317. The van der Waals surface area contributed by atoms with Crippen molar-refractivity contribution in [2.75, 3.05) is 11.9 Å². The van der Waals surface area contributed by atoms with E-state index < -0.39 is 0 Å². The Hall–Kier alpha value is -1.77. The first kappa shape index (κ1) is 13.3. The molecular formula is C14H19NO2. The molecule has 0 amide bonds. The number of benzene rings is 1. The zero-order chi connectivity index (χ0) is 12.7. The molecule has 0 saturated carbocycles. The van der Waals surface area contributed by atoms with Crippen molar-refractivity contribution in [3.63, 3.8) is 0 Å². The number of ether oxygens (including phenoxy) is 1. The molecule has 92 valence electrons. The number of carbonyl (C=O) groups excluding carboxylic acids is 1. The predicted octanol–water partition coefficient (Wildman–Crippen LogP) is 3.13. The number of rotatable bonds is 5. The van der Waals surface area contributed by atoms with E-state index in [9.17, 15) is 4.79 Å². The van der Waals surface area contributed by atoms with E-state index in [2.05, 4.69) is 24.4 Å². The van der Waals surface area contributed by atoms with Gasteiger partial charge in [0.15, 0.2) is 0 Å². The van der Waals surface area contributed by atoms with Crippen molar-refractivity contribution < 1.29 is 9.53 Å². The van der Waals surface area contributed by atoms with E-state index >= 15 is 0 Å². The summed E-state index contributed by atoms with van der Waals surface area (Å²) in [5, 5.41) is 3.14. The molecule has 0 fully saturated rings. The maximum Gasteiger partial charge on any atom is 0.332 e. The van der Waals surface area contributed by atoms with Gasteiger partial charge in [0, 0.05) is 17.5 Å². The molecule has 3 heteroatoms. The van der Waals surface area contributed by atoms with Crippen LogP contribution in [-0.4, -0.2) is 12.6 Å². The Kier molecular flexibility index (Phi) is 5.27. The van der Waals surface area contributed by atoms with Gasteiger partial charge in [0.2, 0.25) is 0 Å². The summed E-state index contributed by atoms with van der Waals surface area (Å²) < 4.78 is 4.83. The molecule has 1 aromatic rings. The molecule has 3 nitrogen and oxygen atoms in total. The van der Waals surface area contributed by atoms with Crippen molar-refractivity contribution >= 4 is 11.7 Å². The quantitative estimate of drug-likeness (QED) is 0.627. The van der Waals surface area contributed by atoms with Crippen LogP contribution in [0.15, 0.2) is 36.0 Å². The molecule has 0 aliphatic rings. The molecule has 0 spiro atoms. The third-order valence-electron chi connectivity index (χ3n) is 2.32. The van der Waals surface area contributed by atoms with Crippen molar-refractivity contribution in [2.45, 2.75) is 27.2 Å². The van der Waals surface area contributed by atoms with Crippen LogP contribution in [0.4, 0.5) is 5.69 Å². The molecule has 1 rings (SSSR count). The average molecular weight is 233 g/mol. The van der Waals surface area contributed by atoms with Gasteiger partial charge in [0.05, 0.1) is 6.61 Å². The standard InChI is InChI=1S/C14H19NO2/c1-4-12-6-8-13(9-7-12)15-11(3)10-14(16)17-5-2/h6-10,15H,4-5H2,1-3H3/b11-10+. The third kappa shape index (κ3) is 4.72. The lowest BCUT2D eigenvalue weighted by molar-refractivity contribution is -0.137. The van der Waals surface area contributed by atoms with Crippen molar-refractivity contribution in [2.24, 2.45) is 0 Å². The summed E-state index contributed by atoms with van der Waals surface area (Å²) in [6, 6.07) is 8.14. The van der Waals surface area contributed by atoms with E-state index in [1.54, 1.807) is 6.92 Å². The highest BCUT2D eigenvalue weighted by molar-refractivity contribution is 5.83. The third-order valence-corrected chi connectivity index (χ3v) is 2.32. The normalized spacial score (nSPS) is 11.1. The van der Waals surface area contributed by atoms with Gasteiger partial charge in [-0.3, -0.25) is 0 Å². The molecule has 0 unspecified atom stereocenters. The molecule has 0 atom stereocenters. The Morgan fingerprint density at radius 1 is 1.29 bits per heavy atom. The highest BCUT2D eigenvalue weighted by Gasteiger charge is 1.98. The van der Waals surface area contributed by atoms with Crippen LogP contribution in [-0.2, 0) is 16.0 Å². The fraction of sp³-hybridized carbons (Fsp3) is 0.357. The van der Waals surface area contributed by atoms with Gasteiger partial charge in [0.1, 0.15) is 0 Å². The zero-order valence-corrected chi connectivity index (χ0v) is 10.6. The topological polar surface area (TPSA) is 38.3 Å². The lowest BCUT2D eigenvalue weighted by atomic mass is 10.1. The number of esters is 1. The van der Waals surface area contributed by atoms with Crippen LogP contribution < -0.4 is 5.32 Å². The molecule has 0 aromatic heterocycles. The van der Waals surface area contributed by atoms with Gasteiger partial charge in [0.25, 0.3) is 0 Å². The average Bonchev–Trinajstić information content (AvgIpc) is 2.30. The maximum atomic E-state index is 11.2. The highest BCUT2D eigenvalue weighted by atomic mass is 16.5.